The molecule has 0 aliphatic carbocycles. The van der Waals surface area contributed by atoms with Gasteiger partial charge in [0.1, 0.15) is 0 Å². The second-order valence-electron chi connectivity index (χ2n) is 10.9. The molecule has 0 saturated heterocycles. The molecule has 0 radical (unpaired) electrons. The number of rotatable bonds is 13. The van der Waals surface area contributed by atoms with Crippen LogP contribution in [0.1, 0.15) is 64.2 Å². The number of fused-ring (bicyclic) bond motifs is 6. The number of nitrogens with zero attached hydrogens (tertiary/aromatic N) is 4. The monoisotopic (exact) mass is 658 g/mol. The summed E-state index contributed by atoms with van der Waals surface area (Å²) >= 11 is 7.57. The highest BCUT2D eigenvalue weighted by Crippen LogP contribution is 2.35. The molecule has 0 saturated carbocycles. The smallest absolute Gasteiger partial charge is 0.0678 e. The predicted octanol–water partition coefficient (Wildman–Crippen LogP) is 10.8. The van der Waals surface area contributed by atoms with Crippen LogP contribution in [0.4, 0.5) is 0 Å². The highest BCUT2D eigenvalue weighted by atomic mass is 79.9. The Morgan fingerprint density at radius 3 is 1.30 bits per heavy atom. The van der Waals surface area contributed by atoms with Crippen LogP contribution in [0, 0.1) is 0 Å². The first-order chi connectivity index (χ1) is 19.7. The Balaban J connectivity index is 0.899. The van der Waals surface area contributed by atoms with Gasteiger partial charge >= 0.3 is 0 Å². The van der Waals surface area contributed by atoms with Gasteiger partial charge in [-0.3, -0.25) is 9.97 Å². The van der Waals surface area contributed by atoms with E-state index in [0.717, 1.165) is 13.1 Å². The molecule has 6 rings (SSSR count). The predicted molar refractivity (Wildman–Crippen MR) is 176 cm³/mol. The van der Waals surface area contributed by atoms with E-state index in [2.05, 4.69) is 99.5 Å². The quantitative estimate of drug-likeness (QED) is 0.116. The van der Waals surface area contributed by atoms with Gasteiger partial charge in [0.05, 0.1) is 34.5 Å². The zero-order valence-corrected chi connectivity index (χ0v) is 26.1. The summed E-state index contributed by atoms with van der Waals surface area (Å²) in [6.45, 7) is 2.10. The lowest BCUT2D eigenvalue weighted by Crippen LogP contribution is -1.99. The molecule has 6 aromatic rings. The van der Waals surface area contributed by atoms with Crippen LogP contribution in [-0.4, -0.2) is 19.1 Å². The van der Waals surface area contributed by atoms with Crippen LogP contribution in [0.2, 0.25) is 0 Å². The maximum absolute atomic E-state index is 4.40. The van der Waals surface area contributed by atoms with E-state index >= 15 is 0 Å². The second-order valence-corrected chi connectivity index (χ2v) is 12.6. The van der Waals surface area contributed by atoms with E-state index in [4.69, 9.17) is 0 Å². The number of benzene rings is 2. The molecule has 206 valence electrons. The van der Waals surface area contributed by atoms with Crippen LogP contribution < -0.4 is 0 Å². The number of hydrogen-bond donors (Lipinski definition) is 0. The highest BCUT2D eigenvalue weighted by Gasteiger charge is 2.14. The number of unbranched alkanes of at least 4 members (excludes halogenated alkanes) is 9. The van der Waals surface area contributed by atoms with Gasteiger partial charge in [-0.25, -0.2) is 0 Å². The van der Waals surface area contributed by atoms with Crippen molar-refractivity contribution in [2.45, 2.75) is 77.3 Å². The molecule has 4 nitrogen and oxygen atoms in total. The van der Waals surface area contributed by atoms with Gasteiger partial charge in [0.15, 0.2) is 0 Å². The lowest BCUT2D eigenvalue weighted by atomic mass is 10.1. The number of aromatic nitrogens is 4. The van der Waals surface area contributed by atoms with E-state index in [9.17, 15) is 0 Å². The van der Waals surface area contributed by atoms with Gasteiger partial charge in [0.2, 0.25) is 0 Å². The molecule has 4 heterocycles. The molecule has 0 spiro atoms. The van der Waals surface area contributed by atoms with Crippen LogP contribution in [0.25, 0.3) is 43.6 Å². The summed E-state index contributed by atoms with van der Waals surface area (Å²) in [6, 6.07) is 17.3. The van der Waals surface area contributed by atoms with Crippen LogP contribution in [0.3, 0.4) is 0 Å². The molecule has 0 aliphatic heterocycles. The summed E-state index contributed by atoms with van der Waals surface area (Å²) in [6.07, 6.45) is 20.9. The van der Waals surface area contributed by atoms with Crippen molar-refractivity contribution in [3.63, 3.8) is 0 Å². The zero-order valence-electron chi connectivity index (χ0n) is 23.0. The van der Waals surface area contributed by atoms with Gasteiger partial charge in [0, 0.05) is 56.0 Å². The minimum atomic E-state index is 1.05. The first-order valence-corrected chi connectivity index (χ1v) is 16.3. The number of halogens is 2. The molecule has 0 fully saturated rings. The Bertz CT molecular complexity index is 1620. The summed E-state index contributed by atoms with van der Waals surface area (Å²) in [4.78, 5) is 8.80. The summed E-state index contributed by atoms with van der Waals surface area (Å²) in [5.74, 6) is 0. The van der Waals surface area contributed by atoms with E-state index in [-0.39, 0.29) is 0 Å². The molecule has 0 atom stereocenters. The van der Waals surface area contributed by atoms with Crippen LogP contribution >= 0.6 is 31.9 Å². The topological polar surface area (TPSA) is 35.6 Å². The first kappa shape index (κ1) is 27.5. The normalized spacial score (nSPS) is 11.9. The average molecular weight is 660 g/mol. The molecule has 0 aliphatic rings. The van der Waals surface area contributed by atoms with Crippen molar-refractivity contribution in [3.8, 4) is 0 Å². The van der Waals surface area contributed by atoms with Gasteiger partial charge in [0.25, 0.3) is 0 Å². The molecule has 0 N–H and O–H groups in total. The van der Waals surface area contributed by atoms with Crippen molar-refractivity contribution in [2.24, 2.45) is 0 Å². The summed E-state index contributed by atoms with van der Waals surface area (Å²) < 4.78 is 7.24. The Morgan fingerprint density at radius 2 is 0.875 bits per heavy atom. The SMILES string of the molecule is Brc1cccc2c3ccncc3n(CCCCCCCCCCCCn3c4cnccc4c4cccc(Br)c43)c12. The van der Waals surface area contributed by atoms with E-state index in [1.807, 2.05) is 24.8 Å². The van der Waals surface area contributed by atoms with Crippen molar-refractivity contribution in [1.29, 1.82) is 0 Å². The number of hydrogen-bond acceptors (Lipinski definition) is 2. The van der Waals surface area contributed by atoms with E-state index < -0.39 is 0 Å². The molecule has 0 unspecified atom stereocenters. The van der Waals surface area contributed by atoms with E-state index in [1.165, 1.54) is 117 Å². The Labute approximate surface area is 253 Å². The average Bonchev–Trinajstić information content (AvgIpc) is 3.48. The molecule has 0 amide bonds. The summed E-state index contributed by atoms with van der Waals surface area (Å²) in [7, 11) is 0. The summed E-state index contributed by atoms with van der Waals surface area (Å²) in [5.41, 5.74) is 5.08. The molecule has 40 heavy (non-hydrogen) atoms. The fourth-order valence-corrected chi connectivity index (χ4v) is 7.49. The van der Waals surface area contributed by atoms with Crippen molar-refractivity contribution in [3.05, 3.63) is 82.3 Å². The van der Waals surface area contributed by atoms with Gasteiger partial charge in [-0.1, -0.05) is 75.6 Å². The standard InChI is InChI=1S/C34H36Br2N4/c35-29-15-11-13-27-25-17-19-37-23-31(25)39(33(27)29)21-9-7-5-3-1-2-4-6-8-10-22-40-32-24-38-20-18-26(32)28-14-12-16-30(36)34(28)40/h11-20,23-24H,1-10,21-22H2. The van der Waals surface area contributed by atoms with Gasteiger partial charge < -0.3 is 9.13 Å². The molecular weight excluding hydrogens is 624 g/mol. The third-order valence-electron chi connectivity index (χ3n) is 8.29. The van der Waals surface area contributed by atoms with E-state index in [0.29, 0.717) is 0 Å². The minimum absolute atomic E-state index is 1.05. The van der Waals surface area contributed by atoms with Crippen molar-refractivity contribution >= 4 is 75.5 Å². The Morgan fingerprint density at radius 1 is 0.475 bits per heavy atom. The van der Waals surface area contributed by atoms with E-state index in [1.54, 1.807) is 0 Å². The maximum Gasteiger partial charge on any atom is 0.0678 e. The van der Waals surface area contributed by atoms with Crippen molar-refractivity contribution in [1.82, 2.24) is 19.1 Å². The Hall–Kier alpha value is -2.70. The highest BCUT2D eigenvalue weighted by molar-refractivity contribution is 9.11. The molecule has 2 aromatic carbocycles. The fourth-order valence-electron chi connectivity index (χ4n) is 6.33. The van der Waals surface area contributed by atoms with Gasteiger partial charge in [-0.2, -0.15) is 0 Å². The zero-order chi connectivity index (χ0) is 27.3. The third-order valence-corrected chi connectivity index (χ3v) is 9.57. The molecule has 0 bridgehead atoms. The largest absolute Gasteiger partial charge is 0.338 e. The second kappa shape index (κ2) is 12.9. The van der Waals surface area contributed by atoms with Crippen LogP contribution in [0.5, 0.6) is 0 Å². The van der Waals surface area contributed by atoms with Gasteiger partial charge in [-0.05, 0) is 69.0 Å². The lowest BCUT2D eigenvalue weighted by molar-refractivity contribution is 0.529. The molecular formula is C34H36Br2N4. The van der Waals surface area contributed by atoms with Gasteiger partial charge in [-0.15, -0.1) is 0 Å². The van der Waals surface area contributed by atoms with Crippen LogP contribution in [0.15, 0.2) is 82.3 Å². The molecule has 4 aromatic heterocycles. The van der Waals surface area contributed by atoms with Crippen molar-refractivity contribution in [2.75, 3.05) is 0 Å². The number of pyridine rings is 2. The number of para-hydroxylation sites is 2. The van der Waals surface area contributed by atoms with Crippen LogP contribution in [-0.2, 0) is 13.1 Å². The first-order valence-electron chi connectivity index (χ1n) is 14.7. The maximum atomic E-state index is 4.40. The molecule has 6 heteroatoms. The summed E-state index contributed by atoms with van der Waals surface area (Å²) in [5, 5.41) is 5.22. The minimum Gasteiger partial charge on any atom is -0.338 e. The number of aryl methyl sites for hydroxylation is 2. The lowest BCUT2D eigenvalue weighted by Gasteiger charge is -2.09. The third kappa shape index (κ3) is 5.58. The van der Waals surface area contributed by atoms with Crippen molar-refractivity contribution < 1.29 is 0 Å². The fraction of sp³-hybridized carbons (Fsp3) is 0.353. The Kier molecular flexibility index (Phi) is 8.83.